The summed E-state index contributed by atoms with van der Waals surface area (Å²) < 4.78 is 5.81. The molecule has 0 spiro atoms. The molecule has 0 N–H and O–H groups in total. The Morgan fingerprint density at radius 2 is 1.31 bits per heavy atom. The van der Waals surface area contributed by atoms with Crippen LogP contribution in [0.15, 0.2) is 84.9 Å². The highest BCUT2D eigenvalue weighted by molar-refractivity contribution is 5.94. The molecule has 29 heavy (non-hydrogen) atoms. The van der Waals surface area contributed by atoms with E-state index in [0.717, 1.165) is 44.0 Å². The van der Waals surface area contributed by atoms with E-state index >= 15 is 0 Å². The Labute approximate surface area is 172 Å². The first-order valence-corrected chi connectivity index (χ1v) is 10.1. The van der Waals surface area contributed by atoms with Crippen molar-refractivity contribution in [3.8, 4) is 5.75 Å². The van der Waals surface area contributed by atoms with Crippen LogP contribution in [0.25, 0.3) is 0 Å². The summed E-state index contributed by atoms with van der Waals surface area (Å²) in [6.45, 7) is 4.79. The van der Waals surface area contributed by atoms with Crippen molar-refractivity contribution in [3.63, 3.8) is 0 Å². The normalized spacial score (nSPS) is 14.6. The molecule has 3 aromatic carbocycles. The molecule has 0 aliphatic carbocycles. The van der Waals surface area contributed by atoms with Crippen LogP contribution >= 0.6 is 0 Å². The van der Waals surface area contributed by atoms with Gasteiger partial charge < -0.3 is 9.64 Å². The molecular weight excluding hydrogens is 360 g/mol. The van der Waals surface area contributed by atoms with Gasteiger partial charge in [-0.1, -0.05) is 60.7 Å². The maximum absolute atomic E-state index is 12.8. The van der Waals surface area contributed by atoms with E-state index in [1.165, 1.54) is 5.56 Å². The van der Waals surface area contributed by atoms with Gasteiger partial charge in [-0.3, -0.25) is 9.69 Å². The number of rotatable bonds is 6. The smallest absolute Gasteiger partial charge is 0.253 e. The van der Waals surface area contributed by atoms with Crippen LogP contribution in [0.5, 0.6) is 5.75 Å². The summed E-state index contributed by atoms with van der Waals surface area (Å²) in [6.07, 6.45) is 0. The van der Waals surface area contributed by atoms with Gasteiger partial charge in [0.25, 0.3) is 5.91 Å². The lowest BCUT2D eigenvalue weighted by Gasteiger charge is -2.34. The van der Waals surface area contributed by atoms with E-state index in [9.17, 15) is 4.79 Å². The monoisotopic (exact) mass is 386 g/mol. The van der Waals surface area contributed by atoms with Gasteiger partial charge in [-0.05, 0) is 35.4 Å². The van der Waals surface area contributed by atoms with Gasteiger partial charge in [0.1, 0.15) is 12.4 Å². The zero-order valence-electron chi connectivity index (χ0n) is 16.5. The number of nitrogens with zero attached hydrogens (tertiary/aromatic N) is 2. The molecule has 0 unspecified atom stereocenters. The summed E-state index contributed by atoms with van der Waals surface area (Å²) in [4.78, 5) is 17.2. The topological polar surface area (TPSA) is 32.8 Å². The number of carbonyl (C=O) groups excluding carboxylic acids is 1. The first-order valence-electron chi connectivity index (χ1n) is 10.1. The summed E-state index contributed by atoms with van der Waals surface area (Å²) in [7, 11) is 0. The molecule has 148 valence electrons. The lowest BCUT2D eigenvalue weighted by molar-refractivity contribution is 0.0628. The van der Waals surface area contributed by atoms with Crippen LogP contribution in [0.2, 0.25) is 0 Å². The van der Waals surface area contributed by atoms with E-state index < -0.39 is 0 Å². The minimum atomic E-state index is 0.0963. The largest absolute Gasteiger partial charge is 0.489 e. The standard InChI is InChI=1S/C25H26N2O2/c28-25(27-17-15-26(16-18-27)19-21-7-3-1-4-8-21)23-11-13-24(14-12-23)29-20-22-9-5-2-6-10-22/h1-14H,15-20H2. The number of hydrogen-bond acceptors (Lipinski definition) is 3. The van der Waals surface area contributed by atoms with Gasteiger partial charge in [-0.15, -0.1) is 0 Å². The number of piperazine rings is 1. The first kappa shape index (κ1) is 19.2. The van der Waals surface area contributed by atoms with E-state index in [4.69, 9.17) is 4.74 Å². The van der Waals surface area contributed by atoms with Crippen molar-refractivity contribution >= 4 is 5.91 Å². The van der Waals surface area contributed by atoms with Crippen LogP contribution in [0.4, 0.5) is 0 Å². The van der Waals surface area contributed by atoms with Crippen molar-refractivity contribution in [2.24, 2.45) is 0 Å². The summed E-state index contributed by atoms with van der Waals surface area (Å²) in [5, 5.41) is 0. The Hall–Kier alpha value is -3.11. The Balaban J connectivity index is 1.27. The van der Waals surface area contributed by atoms with Crippen LogP contribution in [-0.2, 0) is 13.2 Å². The second-order valence-corrected chi connectivity index (χ2v) is 7.35. The second-order valence-electron chi connectivity index (χ2n) is 7.35. The molecule has 0 atom stereocenters. The first-order chi connectivity index (χ1) is 14.3. The van der Waals surface area contributed by atoms with E-state index in [0.29, 0.717) is 12.2 Å². The molecule has 1 heterocycles. The molecule has 1 saturated heterocycles. The molecule has 4 rings (SSSR count). The van der Waals surface area contributed by atoms with Crippen molar-refractivity contribution in [1.29, 1.82) is 0 Å². The quantitative estimate of drug-likeness (QED) is 0.636. The SMILES string of the molecule is O=C(c1ccc(OCc2ccccc2)cc1)N1CCN(Cc2ccccc2)CC1. The molecule has 1 amide bonds. The van der Waals surface area contributed by atoms with E-state index in [-0.39, 0.29) is 5.91 Å². The second kappa shape index (κ2) is 9.39. The number of amides is 1. The van der Waals surface area contributed by atoms with Crippen LogP contribution < -0.4 is 4.74 Å². The van der Waals surface area contributed by atoms with Gasteiger partial charge in [0.2, 0.25) is 0 Å². The van der Waals surface area contributed by atoms with Crippen LogP contribution in [0.3, 0.4) is 0 Å². The maximum Gasteiger partial charge on any atom is 0.253 e. The third-order valence-corrected chi connectivity index (χ3v) is 5.26. The highest BCUT2D eigenvalue weighted by atomic mass is 16.5. The minimum Gasteiger partial charge on any atom is -0.489 e. The Morgan fingerprint density at radius 3 is 1.93 bits per heavy atom. The average Bonchev–Trinajstić information content (AvgIpc) is 2.79. The fourth-order valence-electron chi connectivity index (χ4n) is 3.57. The van der Waals surface area contributed by atoms with Gasteiger partial charge in [-0.2, -0.15) is 0 Å². The maximum atomic E-state index is 12.8. The van der Waals surface area contributed by atoms with Gasteiger partial charge in [0.15, 0.2) is 0 Å². The Bertz CT molecular complexity index is 903. The number of carbonyl (C=O) groups is 1. The van der Waals surface area contributed by atoms with Gasteiger partial charge in [0, 0.05) is 38.3 Å². The average molecular weight is 386 g/mol. The Kier molecular flexibility index (Phi) is 6.22. The molecule has 0 radical (unpaired) electrons. The third kappa shape index (κ3) is 5.24. The molecular formula is C25H26N2O2. The lowest BCUT2D eigenvalue weighted by Crippen LogP contribution is -2.48. The summed E-state index contributed by atoms with van der Waals surface area (Å²) in [5.41, 5.74) is 3.16. The zero-order valence-corrected chi connectivity index (χ0v) is 16.5. The number of hydrogen-bond donors (Lipinski definition) is 0. The molecule has 3 aromatic rings. The van der Waals surface area contributed by atoms with E-state index in [1.54, 1.807) is 0 Å². The summed E-state index contributed by atoms with van der Waals surface area (Å²) in [6, 6.07) is 28.0. The zero-order chi connectivity index (χ0) is 19.9. The molecule has 1 aliphatic rings. The van der Waals surface area contributed by atoms with E-state index in [1.807, 2.05) is 65.6 Å². The van der Waals surface area contributed by atoms with Crippen LogP contribution in [0, 0.1) is 0 Å². The predicted molar refractivity (Wildman–Crippen MR) is 115 cm³/mol. The van der Waals surface area contributed by atoms with Gasteiger partial charge in [-0.25, -0.2) is 0 Å². The molecule has 1 fully saturated rings. The summed E-state index contributed by atoms with van der Waals surface area (Å²) >= 11 is 0. The van der Waals surface area contributed by atoms with Crippen molar-refractivity contribution in [1.82, 2.24) is 9.80 Å². The van der Waals surface area contributed by atoms with Crippen LogP contribution in [0.1, 0.15) is 21.5 Å². The minimum absolute atomic E-state index is 0.0963. The molecule has 0 aromatic heterocycles. The highest BCUT2D eigenvalue weighted by Gasteiger charge is 2.22. The van der Waals surface area contributed by atoms with Crippen LogP contribution in [-0.4, -0.2) is 41.9 Å². The Morgan fingerprint density at radius 1 is 0.724 bits per heavy atom. The van der Waals surface area contributed by atoms with Gasteiger partial charge >= 0.3 is 0 Å². The number of benzene rings is 3. The van der Waals surface area contributed by atoms with Crippen molar-refractivity contribution in [2.45, 2.75) is 13.2 Å². The van der Waals surface area contributed by atoms with Crippen molar-refractivity contribution < 1.29 is 9.53 Å². The molecule has 4 nitrogen and oxygen atoms in total. The number of ether oxygens (including phenoxy) is 1. The molecule has 4 heteroatoms. The lowest BCUT2D eigenvalue weighted by atomic mass is 10.1. The summed E-state index contributed by atoms with van der Waals surface area (Å²) in [5.74, 6) is 0.872. The molecule has 1 aliphatic heterocycles. The fourth-order valence-corrected chi connectivity index (χ4v) is 3.57. The highest BCUT2D eigenvalue weighted by Crippen LogP contribution is 2.17. The predicted octanol–water partition coefficient (Wildman–Crippen LogP) is 4.22. The van der Waals surface area contributed by atoms with Crippen molar-refractivity contribution in [3.05, 3.63) is 102 Å². The molecule has 0 saturated carbocycles. The fraction of sp³-hybridized carbons (Fsp3) is 0.240. The molecule has 0 bridgehead atoms. The third-order valence-electron chi connectivity index (χ3n) is 5.26. The van der Waals surface area contributed by atoms with Gasteiger partial charge in [0.05, 0.1) is 0 Å². The van der Waals surface area contributed by atoms with Crippen molar-refractivity contribution in [2.75, 3.05) is 26.2 Å². The van der Waals surface area contributed by atoms with E-state index in [2.05, 4.69) is 29.2 Å².